The molecular weight excluding hydrogens is 303 g/mol. The molecule has 0 aliphatic rings. The molecule has 0 fully saturated rings. The zero-order valence-electron chi connectivity index (χ0n) is 10.8. The minimum Gasteiger partial charge on any atom is -0.337 e. The van der Waals surface area contributed by atoms with Gasteiger partial charge in [-0.15, -0.1) is 11.8 Å². The van der Waals surface area contributed by atoms with Crippen LogP contribution in [0.4, 0.5) is 13.2 Å². The summed E-state index contributed by atoms with van der Waals surface area (Å²) >= 11 is 1.45. The molecule has 9 heteroatoms. The van der Waals surface area contributed by atoms with Crippen LogP contribution in [0.25, 0.3) is 17.5 Å². The van der Waals surface area contributed by atoms with Crippen LogP contribution in [0.3, 0.4) is 0 Å². The Morgan fingerprint density at radius 1 is 1.33 bits per heavy atom. The maximum atomic E-state index is 12.2. The van der Waals surface area contributed by atoms with E-state index in [1.807, 2.05) is 6.26 Å². The molecule has 21 heavy (non-hydrogen) atoms. The fourth-order valence-electron chi connectivity index (χ4n) is 1.41. The smallest absolute Gasteiger partial charge is 0.337 e. The number of thioether (sulfide) groups is 1. The van der Waals surface area contributed by atoms with Gasteiger partial charge in [-0.1, -0.05) is 0 Å². The van der Waals surface area contributed by atoms with Crippen molar-refractivity contribution in [1.29, 1.82) is 5.41 Å². The molecule has 2 aromatic rings. The van der Waals surface area contributed by atoms with Crippen molar-refractivity contribution >= 4 is 23.5 Å². The van der Waals surface area contributed by atoms with Crippen molar-refractivity contribution in [3.8, 4) is 11.4 Å². The Bertz CT molecular complexity index is 678. The highest BCUT2D eigenvalue weighted by Crippen LogP contribution is 2.20. The van der Waals surface area contributed by atoms with Crippen LogP contribution >= 0.6 is 11.8 Å². The molecule has 2 N–H and O–H groups in total. The predicted molar refractivity (Wildman–Crippen MR) is 74.2 cm³/mol. The Morgan fingerprint density at radius 3 is 2.76 bits per heavy atom. The van der Waals surface area contributed by atoms with Gasteiger partial charge >= 0.3 is 6.18 Å². The van der Waals surface area contributed by atoms with E-state index in [4.69, 9.17) is 5.41 Å². The van der Waals surface area contributed by atoms with Crippen molar-refractivity contribution in [2.24, 2.45) is 0 Å². The fraction of sp³-hybridized carbons (Fsp3) is 0.167. The normalized spacial score (nSPS) is 12.0. The molecule has 0 saturated carbocycles. The number of nitrogens with zero attached hydrogens (tertiary/aromatic N) is 3. The molecule has 0 aromatic carbocycles. The van der Waals surface area contributed by atoms with Crippen molar-refractivity contribution in [3.63, 3.8) is 0 Å². The number of allylic oxidation sites excluding steroid dienone is 1. The number of aromatic amines is 1. The minimum atomic E-state index is -4.66. The number of hydrogen-bond donors (Lipinski definition) is 2. The highest BCUT2D eigenvalue weighted by Gasteiger charge is 2.32. The molecule has 0 bridgehead atoms. The van der Waals surface area contributed by atoms with Gasteiger partial charge in [0, 0.05) is 0 Å². The van der Waals surface area contributed by atoms with Gasteiger partial charge in [0.1, 0.15) is 17.9 Å². The molecule has 2 heterocycles. The molecule has 2 rings (SSSR count). The van der Waals surface area contributed by atoms with Crippen LogP contribution in [0.2, 0.25) is 0 Å². The van der Waals surface area contributed by atoms with Crippen LogP contribution in [0.1, 0.15) is 5.82 Å². The minimum absolute atomic E-state index is 0.211. The average molecular weight is 313 g/mol. The molecular formula is C12H10F3N5S. The van der Waals surface area contributed by atoms with Gasteiger partial charge < -0.3 is 4.98 Å². The number of aromatic nitrogens is 4. The average Bonchev–Trinajstić information content (AvgIpc) is 2.92. The number of hydrogen-bond acceptors (Lipinski definition) is 5. The molecule has 0 radical (unpaired) electrons. The van der Waals surface area contributed by atoms with Crippen molar-refractivity contribution in [2.45, 2.75) is 11.2 Å². The SMILES string of the molecule is CSc1cc(-c2cnc(/C=C\C(=N)C(F)(F)F)[nH]2)ncn1. The van der Waals surface area contributed by atoms with Crippen LogP contribution in [0.5, 0.6) is 0 Å². The van der Waals surface area contributed by atoms with E-state index in [1.54, 1.807) is 6.07 Å². The Labute approximate surface area is 122 Å². The molecule has 0 atom stereocenters. The Hall–Kier alpha value is -2.16. The Morgan fingerprint density at radius 2 is 2.10 bits per heavy atom. The maximum absolute atomic E-state index is 12.2. The first-order valence-corrected chi connectivity index (χ1v) is 6.88. The van der Waals surface area contributed by atoms with E-state index in [0.717, 1.165) is 11.1 Å². The molecule has 0 aliphatic carbocycles. The van der Waals surface area contributed by atoms with Gasteiger partial charge in [0.05, 0.1) is 22.6 Å². The quantitative estimate of drug-likeness (QED) is 0.516. The summed E-state index contributed by atoms with van der Waals surface area (Å²) in [6, 6.07) is 1.74. The Kier molecular flexibility index (Phi) is 4.41. The maximum Gasteiger partial charge on any atom is 0.432 e. The van der Waals surface area contributed by atoms with Crippen LogP contribution in [0.15, 0.2) is 29.7 Å². The van der Waals surface area contributed by atoms with Gasteiger partial charge in [-0.3, -0.25) is 5.41 Å². The highest BCUT2D eigenvalue weighted by atomic mass is 32.2. The van der Waals surface area contributed by atoms with E-state index in [0.29, 0.717) is 17.5 Å². The van der Waals surface area contributed by atoms with Crippen LogP contribution in [-0.2, 0) is 0 Å². The van der Waals surface area contributed by atoms with E-state index in [2.05, 4.69) is 19.9 Å². The van der Waals surface area contributed by atoms with Gasteiger partial charge in [-0.2, -0.15) is 13.2 Å². The first kappa shape index (κ1) is 15.2. The molecule has 110 valence electrons. The lowest BCUT2D eigenvalue weighted by Gasteiger charge is -2.01. The number of rotatable bonds is 4. The number of H-pyrrole nitrogens is 1. The third-order valence-corrected chi connectivity index (χ3v) is 3.08. The largest absolute Gasteiger partial charge is 0.432 e. The lowest BCUT2D eigenvalue weighted by Crippen LogP contribution is -2.19. The lowest BCUT2D eigenvalue weighted by molar-refractivity contribution is -0.0583. The van der Waals surface area contributed by atoms with Gasteiger partial charge in [-0.25, -0.2) is 15.0 Å². The monoisotopic (exact) mass is 313 g/mol. The molecule has 2 aromatic heterocycles. The fourth-order valence-corrected chi connectivity index (χ4v) is 1.79. The van der Waals surface area contributed by atoms with Gasteiger partial charge in [0.15, 0.2) is 0 Å². The molecule has 0 unspecified atom stereocenters. The van der Waals surface area contributed by atoms with Crippen molar-refractivity contribution in [2.75, 3.05) is 6.26 Å². The number of imidazole rings is 1. The third kappa shape index (κ3) is 3.91. The van der Waals surface area contributed by atoms with Crippen LogP contribution < -0.4 is 0 Å². The lowest BCUT2D eigenvalue weighted by atomic mass is 10.3. The second kappa shape index (κ2) is 6.08. The van der Waals surface area contributed by atoms with Gasteiger partial charge in [0.2, 0.25) is 0 Å². The van der Waals surface area contributed by atoms with Crippen molar-refractivity contribution in [1.82, 2.24) is 19.9 Å². The number of halogens is 3. The standard InChI is InChI=1S/C12H10F3N5S/c1-21-11-4-7(18-6-19-11)8-5-17-10(20-8)3-2-9(16)12(13,14)15/h2-6,16H,1H3,(H,17,20)/b3-2-,16-9?. The first-order valence-electron chi connectivity index (χ1n) is 5.65. The van der Waals surface area contributed by atoms with Crippen LogP contribution in [0, 0.1) is 5.41 Å². The summed E-state index contributed by atoms with van der Waals surface area (Å²) in [6.45, 7) is 0. The molecule has 0 amide bonds. The molecule has 0 spiro atoms. The summed E-state index contributed by atoms with van der Waals surface area (Å²) in [7, 11) is 0. The predicted octanol–water partition coefficient (Wildman–Crippen LogP) is 3.18. The van der Waals surface area contributed by atoms with E-state index in [1.165, 1.54) is 24.3 Å². The zero-order valence-corrected chi connectivity index (χ0v) is 11.6. The van der Waals surface area contributed by atoms with Crippen molar-refractivity contribution < 1.29 is 13.2 Å². The second-order valence-corrected chi connectivity index (χ2v) is 4.70. The Balaban J connectivity index is 2.18. The van der Waals surface area contributed by atoms with E-state index < -0.39 is 11.9 Å². The first-order chi connectivity index (χ1) is 9.90. The van der Waals surface area contributed by atoms with Crippen molar-refractivity contribution in [3.05, 3.63) is 30.5 Å². The second-order valence-electron chi connectivity index (χ2n) is 3.87. The summed E-state index contributed by atoms with van der Waals surface area (Å²) in [5, 5.41) is 7.61. The van der Waals surface area contributed by atoms with Gasteiger partial charge in [0.25, 0.3) is 0 Å². The van der Waals surface area contributed by atoms with E-state index in [9.17, 15) is 13.2 Å². The highest BCUT2D eigenvalue weighted by molar-refractivity contribution is 7.98. The molecule has 0 saturated heterocycles. The van der Waals surface area contributed by atoms with E-state index >= 15 is 0 Å². The summed E-state index contributed by atoms with van der Waals surface area (Å²) in [4.78, 5) is 14.8. The summed E-state index contributed by atoms with van der Waals surface area (Å²) in [6.07, 6.45) is 1.81. The van der Waals surface area contributed by atoms with Gasteiger partial charge in [-0.05, 0) is 24.5 Å². The molecule has 0 aliphatic heterocycles. The third-order valence-electron chi connectivity index (χ3n) is 2.44. The summed E-state index contributed by atoms with van der Waals surface area (Å²) < 4.78 is 36.5. The number of nitrogens with one attached hydrogen (secondary N) is 2. The molecule has 5 nitrogen and oxygen atoms in total. The zero-order chi connectivity index (χ0) is 15.5. The summed E-state index contributed by atoms with van der Waals surface area (Å²) in [5.74, 6) is 0.211. The number of alkyl halides is 3. The topological polar surface area (TPSA) is 78.3 Å². The summed E-state index contributed by atoms with van der Waals surface area (Å²) in [5.41, 5.74) is -0.287. The van der Waals surface area contributed by atoms with E-state index in [-0.39, 0.29) is 5.82 Å². The van der Waals surface area contributed by atoms with Crippen LogP contribution in [-0.4, -0.2) is 38.1 Å².